The molecule has 4 rings (SSSR count). The van der Waals surface area contributed by atoms with Crippen LogP contribution in [-0.2, 0) is 32.3 Å². The molecule has 2 unspecified atom stereocenters. The van der Waals surface area contributed by atoms with E-state index in [4.69, 9.17) is 13.9 Å². The van der Waals surface area contributed by atoms with Crippen molar-refractivity contribution in [2.75, 3.05) is 0 Å². The maximum atomic E-state index is 13.1. The quantitative estimate of drug-likeness (QED) is 0.165. The Morgan fingerprint density at radius 2 is 1.11 bits per heavy atom. The molecule has 2 N–H and O–H groups in total. The number of benzene rings is 3. The standard InChI is InChI=1S/C35H37N3O7/c1-3-14-27(36-31(39)24-16-8-5-9-17-24)34(41)43-22-29-30(45-33(38-29)26-20-12-7-13-21-26)23-44-35(42)28(15-4-2)37-32(40)25-18-10-6-11-19-25/h5-13,16-21,27-28H,3-4,14-15,22-23H2,1-2H3,(H,36,39)(H,37,40). The van der Waals surface area contributed by atoms with E-state index in [0.29, 0.717) is 42.4 Å². The summed E-state index contributed by atoms with van der Waals surface area (Å²) in [5, 5.41) is 5.49. The van der Waals surface area contributed by atoms with E-state index in [1.165, 1.54) is 0 Å². The Balaban J connectivity index is 1.46. The summed E-state index contributed by atoms with van der Waals surface area (Å²) in [6.45, 7) is 3.24. The van der Waals surface area contributed by atoms with Gasteiger partial charge < -0.3 is 24.5 Å². The number of hydrogen-bond donors (Lipinski definition) is 2. The molecule has 10 nitrogen and oxygen atoms in total. The van der Waals surface area contributed by atoms with Crippen LogP contribution in [0.25, 0.3) is 11.5 Å². The smallest absolute Gasteiger partial charge is 0.329 e. The lowest BCUT2D eigenvalue weighted by molar-refractivity contribution is -0.149. The van der Waals surface area contributed by atoms with Crippen molar-refractivity contribution in [1.29, 1.82) is 0 Å². The monoisotopic (exact) mass is 611 g/mol. The molecule has 2 amide bonds. The molecule has 2 atom stereocenters. The van der Waals surface area contributed by atoms with Gasteiger partial charge in [0.2, 0.25) is 5.89 Å². The number of hydrogen-bond acceptors (Lipinski definition) is 8. The number of aromatic nitrogens is 1. The Morgan fingerprint density at radius 3 is 1.58 bits per heavy atom. The maximum Gasteiger partial charge on any atom is 0.329 e. The van der Waals surface area contributed by atoms with E-state index in [1.54, 1.807) is 60.7 Å². The molecule has 0 saturated carbocycles. The van der Waals surface area contributed by atoms with Crippen LogP contribution >= 0.6 is 0 Å². The lowest BCUT2D eigenvalue weighted by atomic mass is 10.1. The number of nitrogens with zero attached hydrogens (tertiary/aromatic N) is 1. The minimum absolute atomic E-state index is 0.194. The third-order valence-electron chi connectivity index (χ3n) is 6.90. The first-order valence-corrected chi connectivity index (χ1v) is 15.0. The van der Waals surface area contributed by atoms with E-state index in [2.05, 4.69) is 15.6 Å². The highest BCUT2D eigenvalue weighted by molar-refractivity contribution is 5.97. The van der Waals surface area contributed by atoms with Crippen molar-refractivity contribution in [1.82, 2.24) is 15.6 Å². The van der Waals surface area contributed by atoms with Crippen molar-refractivity contribution in [2.45, 2.75) is 64.8 Å². The van der Waals surface area contributed by atoms with Gasteiger partial charge in [-0.2, -0.15) is 0 Å². The Morgan fingerprint density at radius 1 is 0.667 bits per heavy atom. The van der Waals surface area contributed by atoms with Crippen LogP contribution in [0.1, 0.15) is 71.7 Å². The number of oxazole rings is 1. The van der Waals surface area contributed by atoms with E-state index < -0.39 is 24.0 Å². The lowest BCUT2D eigenvalue weighted by Crippen LogP contribution is -2.42. The Bertz CT molecular complexity index is 1460. The second-order valence-corrected chi connectivity index (χ2v) is 10.3. The van der Waals surface area contributed by atoms with Gasteiger partial charge in [-0.15, -0.1) is 0 Å². The van der Waals surface area contributed by atoms with Crippen molar-refractivity contribution < 1.29 is 33.1 Å². The van der Waals surface area contributed by atoms with Crippen LogP contribution in [0, 0.1) is 0 Å². The number of amides is 2. The van der Waals surface area contributed by atoms with Crippen LogP contribution in [0.5, 0.6) is 0 Å². The van der Waals surface area contributed by atoms with Crippen LogP contribution in [-0.4, -0.2) is 40.8 Å². The SMILES string of the molecule is CCCC(NC(=O)c1ccccc1)C(=O)OCc1nc(-c2ccccc2)oc1COC(=O)C(CCC)NC(=O)c1ccccc1. The molecule has 0 aliphatic carbocycles. The van der Waals surface area contributed by atoms with Crippen molar-refractivity contribution in [3.05, 3.63) is 114 Å². The number of esters is 2. The highest BCUT2D eigenvalue weighted by Crippen LogP contribution is 2.24. The van der Waals surface area contributed by atoms with Crippen molar-refractivity contribution in [3.63, 3.8) is 0 Å². The zero-order valence-corrected chi connectivity index (χ0v) is 25.4. The lowest BCUT2D eigenvalue weighted by Gasteiger charge is -2.17. The van der Waals surface area contributed by atoms with E-state index in [-0.39, 0.29) is 42.4 Å². The van der Waals surface area contributed by atoms with Gasteiger partial charge in [0.15, 0.2) is 12.4 Å². The topological polar surface area (TPSA) is 137 Å². The second kappa shape index (κ2) is 16.6. The fourth-order valence-corrected chi connectivity index (χ4v) is 4.53. The Kier molecular flexibility index (Phi) is 12.0. The number of carbonyl (C=O) groups is 4. The van der Waals surface area contributed by atoms with Gasteiger partial charge in [-0.1, -0.05) is 81.3 Å². The summed E-state index contributed by atoms with van der Waals surface area (Å²) in [6, 6.07) is 24.6. The molecule has 10 heteroatoms. The summed E-state index contributed by atoms with van der Waals surface area (Å²) in [4.78, 5) is 56.1. The zero-order valence-electron chi connectivity index (χ0n) is 25.4. The Labute approximate surface area is 262 Å². The summed E-state index contributed by atoms with van der Waals surface area (Å²) in [7, 11) is 0. The summed E-state index contributed by atoms with van der Waals surface area (Å²) in [5.74, 6) is -1.57. The molecule has 1 heterocycles. The van der Waals surface area contributed by atoms with Crippen LogP contribution in [0.2, 0.25) is 0 Å². The zero-order chi connectivity index (χ0) is 32.0. The van der Waals surface area contributed by atoms with Gasteiger partial charge in [-0.25, -0.2) is 14.6 Å². The predicted molar refractivity (Wildman–Crippen MR) is 167 cm³/mol. The summed E-state index contributed by atoms with van der Waals surface area (Å²) in [5.41, 5.74) is 1.81. The maximum absolute atomic E-state index is 13.1. The van der Waals surface area contributed by atoms with Gasteiger partial charge >= 0.3 is 11.9 Å². The minimum Gasteiger partial charge on any atom is -0.458 e. The highest BCUT2D eigenvalue weighted by atomic mass is 16.5. The first-order valence-electron chi connectivity index (χ1n) is 15.0. The van der Waals surface area contributed by atoms with Gasteiger partial charge in [0.05, 0.1) is 0 Å². The molecule has 0 saturated heterocycles. The predicted octanol–water partition coefficient (Wildman–Crippen LogP) is 5.63. The second-order valence-electron chi connectivity index (χ2n) is 10.3. The van der Waals surface area contributed by atoms with Crippen LogP contribution in [0.3, 0.4) is 0 Å². The molecule has 0 bridgehead atoms. The van der Waals surface area contributed by atoms with E-state index >= 15 is 0 Å². The number of ether oxygens (including phenoxy) is 2. The normalized spacial score (nSPS) is 12.0. The number of nitrogens with one attached hydrogen (secondary N) is 2. The first-order chi connectivity index (χ1) is 21.9. The molecule has 4 aromatic rings. The number of rotatable bonds is 15. The van der Waals surface area contributed by atoms with Gasteiger partial charge in [-0.3, -0.25) is 9.59 Å². The largest absolute Gasteiger partial charge is 0.458 e. The van der Waals surface area contributed by atoms with Crippen molar-refractivity contribution >= 4 is 23.8 Å². The molecule has 234 valence electrons. The highest BCUT2D eigenvalue weighted by Gasteiger charge is 2.26. The van der Waals surface area contributed by atoms with Crippen LogP contribution in [0.15, 0.2) is 95.4 Å². The molecule has 45 heavy (non-hydrogen) atoms. The molecular formula is C35H37N3O7. The van der Waals surface area contributed by atoms with E-state index in [0.717, 1.165) is 0 Å². The van der Waals surface area contributed by atoms with Gasteiger partial charge in [-0.05, 0) is 49.2 Å². The molecular weight excluding hydrogens is 574 g/mol. The van der Waals surface area contributed by atoms with Gasteiger partial charge in [0.1, 0.15) is 24.4 Å². The molecule has 0 aliphatic heterocycles. The summed E-state index contributed by atoms with van der Waals surface area (Å²) < 4.78 is 17.1. The average Bonchev–Trinajstić information content (AvgIpc) is 3.49. The van der Waals surface area contributed by atoms with Gasteiger partial charge in [0, 0.05) is 16.7 Å². The molecule has 0 aliphatic rings. The van der Waals surface area contributed by atoms with E-state index in [1.807, 2.05) is 44.2 Å². The molecule has 0 radical (unpaired) electrons. The Hall–Kier alpha value is -5.25. The molecule has 1 aromatic heterocycles. The summed E-state index contributed by atoms with van der Waals surface area (Å²) in [6.07, 6.45) is 2.03. The molecule has 0 spiro atoms. The van der Waals surface area contributed by atoms with E-state index in [9.17, 15) is 19.2 Å². The minimum atomic E-state index is -0.872. The number of carbonyl (C=O) groups excluding carboxylic acids is 4. The third-order valence-corrected chi connectivity index (χ3v) is 6.90. The van der Waals surface area contributed by atoms with Crippen molar-refractivity contribution in [3.8, 4) is 11.5 Å². The fourth-order valence-electron chi connectivity index (χ4n) is 4.53. The van der Waals surface area contributed by atoms with Crippen molar-refractivity contribution in [2.24, 2.45) is 0 Å². The third kappa shape index (κ3) is 9.37. The fraction of sp³-hybridized carbons (Fsp3) is 0.286. The molecule has 0 fully saturated rings. The summed E-state index contributed by atoms with van der Waals surface area (Å²) >= 11 is 0. The van der Waals surface area contributed by atoms with Crippen LogP contribution in [0.4, 0.5) is 0 Å². The average molecular weight is 612 g/mol. The molecule has 3 aromatic carbocycles. The first kappa shape index (κ1) is 32.7. The van der Waals surface area contributed by atoms with Crippen LogP contribution < -0.4 is 10.6 Å². The van der Waals surface area contributed by atoms with Gasteiger partial charge in [0.25, 0.3) is 11.8 Å².